The van der Waals surface area contributed by atoms with Crippen molar-refractivity contribution >= 4 is 97.0 Å². The van der Waals surface area contributed by atoms with Crippen LogP contribution in [0.5, 0.6) is 0 Å². The number of H-pyrrole nitrogens is 1. The van der Waals surface area contributed by atoms with Crippen LogP contribution in [0.4, 0.5) is 0 Å². The quantitative estimate of drug-likeness (QED) is 0.0148. The van der Waals surface area contributed by atoms with Gasteiger partial charge in [0.2, 0.25) is 59.1 Å². The molecule has 1 heterocycles. The second-order valence-corrected chi connectivity index (χ2v) is 35.9. The molecular formula is C83H114N12O24Si. The van der Waals surface area contributed by atoms with Crippen LogP contribution in [0.15, 0.2) is 116 Å². The van der Waals surface area contributed by atoms with Gasteiger partial charge in [-0.2, -0.15) is 0 Å². The normalized spacial score (nSPS) is 13.1. The molecule has 0 spiro atoms. The number of nitrogens with one attached hydrogen (secondary N) is 10. The summed E-state index contributed by atoms with van der Waals surface area (Å²) >= 11 is 0. The predicted octanol–water partition coefficient (Wildman–Crippen LogP) is 1.15. The van der Waals surface area contributed by atoms with Crippen LogP contribution in [-0.4, -0.2) is 227 Å². The Morgan fingerprint density at radius 3 is 1.30 bits per heavy atom. The molecule has 0 fully saturated rings. The molecule has 7 atom stereocenters. The first-order valence-electron chi connectivity index (χ1n) is 39.3. The molecule has 0 aliphatic heterocycles. The zero-order valence-electron chi connectivity index (χ0n) is 69.3. The summed E-state index contributed by atoms with van der Waals surface area (Å²) in [5.74, 6) is -10.8. The summed E-state index contributed by atoms with van der Waals surface area (Å²) in [5, 5.41) is 32.3. The van der Waals surface area contributed by atoms with Gasteiger partial charge in [0.25, 0.3) is 0 Å². The van der Waals surface area contributed by atoms with E-state index in [2.05, 4.69) is 77.5 Å². The van der Waals surface area contributed by atoms with Gasteiger partial charge < -0.3 is 102 Å². The molecular weight excluding hydrogens is 1580 g/mol. The zero-order chi connectivity index (χ0) is 88.2. The van der Waals surface area contributed by atoms with Gasteiger partial charge in [0.1, 0.15) is 62.5 Å². The molecule has 654 valence electrons. The van der Waals surface area contributed by atoms with Gasteiger partial charge in [-0.05, 0) is 57.8 Å². The summed E-state index contributed by atoms with van der Waals surface area (Å²) in [4.78, 5) is 197. The van der Waals surface area contributed by atoms with Crippen molar-refractivity contribution in [2.24, 2.45) is 17.1 Å². The number of amides is 10. The van der Waals surface area contributed by atoms with E-state index in [1.807, 2.05) is 12.1 Å². The number of aliphatic hydroxyl groups excluding tert-OH is 1. The number of aromatic nitrogens is 2. The van der Waals surface area contributed by atoms with Crippen molar-refractivity contribution in [2.75, 3.05) is 79.1 Å². The largest absolute Gasteiger partial charge is 0.466 e. The minimum atomic E-state index is -1.53. The van der Waals surface area contributed by atoms with Crippen LogP contribution < -0.4 is 53.6 Å². The number of hydrogen-bond acceptors (Lipinski definition) is 25. The molecule has 10 amide bonds. The van der Waals surface area contributed by atoms with Crippen molar-refractivity contribution in [2.45, 2.75) is 175 Å². The van der Waals surface area contributed by atoms with Crippen molar-refractivity contribution in [3.63, 3.8) is 0 Å². The molecule has 37 heteroatoms. The summed E-state index contributed by atoms with van der Waals surface area (Å²) in [7, 11) is -1.53. The highest BCUT2D eigenvalue weighted by molar-refractivity contribution is 6.76. The molecule has 0 aliphatic rings. The first kappa shape index (κ1) is 98.8. The number of rotatable bonds is 55. The summed E-state index contributed by atoms with van der Waals surface area (Å²) < 4.78 is 46.5. The number of imidazole rings is 1. The molecule has 5 rings (SSSR count). The fraction of sp³-hybridized carbons (Fsp3) is 0.494. The van der Waals surface area contributed by atoms with E-state index < -0.39 is 177 Å². The molecule has 1 aromatic heterocycles. The minimum absolute atomic E-state index is 0.0159. The van der Waals surface area contributed by atoms with E-state index in [0.717, 1.165) is 33.4 Å². The number of benzene rings is 4. The Morgan fingerprint density at radius 2 is 0.867 bits per heavy atom. The lowest BCUT2D eigenvalue weighted by molar-refractivity contribution is -0.158. The number of carbonyl (C=O) groups is 15. The van der Waals surface area contributed by atoms with Crippen LogP contribution >= 0.6 is 0 Å². The maximum atomic E-state index is 13.4. The lowest BCUT2D eigenvalue weighted by atomic mass is 9.92. The van der Waals surface area contributed by atoms with Crippen LogP contribution in [0.1, 0.15) is 105 Å². The molecule has 1 unspecified atom stereocenters. The second-order valence-electron chi connectivity index (χ2n) is 30.3. The van der Waals surface area contributed by atoms with Crippen LogP contribution in [0.2, 0.25) is 25.7 Å². The van der Waals surface area contributed by atoms with E-state index in [9.17, 15) is 77.0 Å². The summed E-state index contributed by atoms with van der Waals surface area (Å²) in [6.07, 6.45) is 2.84. The number of esters is 5. The first-order chi connectivity index (χ1) is 57.1. The topological polar surface area (TPSA) is 513 Å². The lowest BCUT2D eigenvalue weighted by Crippen LogP contribution is -2.56. The summed E-state index contributed by atoms with van der Waals surface area (Å²) in [5.41, 5.74) is 9.85. The van der Waals surface area contributed by atoms with E-state index >= 15 is 0 Å². The van der Waals surface area contributed by atoms with E-state index in [0.29, 0.717) is 23.7 Å². The molecule has 0 bridgehead atoms. The molecule has 13 N–H and O–H groups in total. The molecule has 0 aliphatic carbocycles. The highest BCUT2D eigenvalue weighted by Crippen LogP contribution is 2.25. The van der Waals surface area contributed by atoms with Gasteiger partial charge in [-0.15, -0.1) is 0 Å². The van der Waals surface area contributed by atoms with Gasteiger partial charge >= 0.3 is 29.8 Å². The Morgan fingerprint density at radius 1 is 0.442 bits per heavy atom. The first-order valence-corrected chi connectivity index (χ1v) is 43.0. The fourth-order valence-corrected chi connectivity index (χ4v) is 12.1. The average Bonchev–Trinajstić information content (AvgIpc) is 0.994. The molecule has 120 heavy (non-hydrogen) atoms. The lowest BCUT2D eigenvalue weighted by Gasteiger charge is -2.33. The van der Waals surface area contributed by atoms with Crippen molar-refractivity contribution in [1.82, 2.24) is 57.8 Å². The smallest absolute Gasteiger partial charge is 0.325 e. The number of ether oxygens (including phenoxy) is 8. The fourth-order valence-electron chi connectivity index (χ4n) is 11.4. The van der Waals surface area contributed by atoms with Crippen molar-refractivity contribution in [3.8, 4) is 0 Å². The van der Waals surface area contributed by atoms with Gasteiger partial charge in [-0.1, -0.05) is 137 Å². The summed E-state index contributed by atoms with van der Waals surface area (Å²) in [6.45, 7) is 11.9. The van der Waals surface area contributed by atoms with Gasteiger partial charge in [-0.3, -0.25) is 71.9 Å². The molecule has 0 saturated heterocycles. The zero-order valence-corrected chi connectivity index (χ0v) is 70.3. The highest BCUT2D eigenvalue weighted by atomic mass is 28.3. The molecule has 0 saturated carbocycles. The van der Waals surface area contributed by atoms with E-state index in [1.165, 1.54) is 34.0 Å². The Labute approximate surface area is 697 Å². The van der Waals surface area contributed by atoms with Crippen LogP contribution in [0.25, 0.3) is 0 Å². The van der Waals surface area contributed by atoms with E-state index in [1.54, 1.807) is 111 Å². The number of nitrogens with zero attached hydrogens (tertiary/aromatic N) is 1. The van der Waals surface area contributed by atoms with Gasteiger partial charge in [-0.25, -0.2) is 4.98 Å². The molecule has 36 nitrogen and oxygen atoms in total. The number of primary amides is 1. The number of hydrogen-bond donors (Lipinski definition) is 12. The third-order valence-corrected chi connectivity index (χ3v) is 19.7. The number of carbonyl (C=O) groups excluding carboxylic acids is 15. The Kier molecular flexibility index (Phi) is 43.0. The third kappa shape index (κ3) is 40.1. The average molecular weight is 1690 g/mol. The van der Waals surface area contributed by atoms with Crippen molar-refractivity contribution in [3.05, 3.63) is 160 Å². The van der Waals surface area contributed by atoms with Gasteiger partial charge in [0.15, 0.2) is 0 Å². The Bertz CT molecular complexity index is 4170. The minimum Gasteiger partial charge on any atom is -0.466 e. The summed E-state index contributed by atoms with van der Waals surface area (Å²) in [6, 6.07) is 24.1. The SMILES string of the molecule is CC(=O)N[C@@H](C)C(=O)N[C@@H](Cc1c[nH]cn1)C(=O)NCC(=O)OCCc1ccc(COCC(COCc2ccc(CCOC(=O)CNC(=O)[C@H](CO)NC(=O)[C@H](Cc3ccccc3)NC(C)=O)cc2)(COCc2ccc(CCOC(=O)CNC(=O)[C@@H](NC(=O)[C@H](CC(=O)OCC[Si](C)(C)C)NC(C)=O)C(C)C)cc2)COC(=O)CCC(N)=O)cc1. The molecule has 4 aromatic carbocycles. The highest BCUT2D eigenvalue weighted by Gasteiger charge is 2.36. The monoisotopic (exact) mass is 1690 g/mol. The van der Waals surface area contributed by atoms with Crippen LogP contribution in [0, 0.1) is 11.3 Å². The van der Waals surface area contributed by atoms with Crippen LogP contribution in [-0.2, 0) is 162 Å². The van der Waals surface area contributed by atoms with E-state index in [-0.39, 0.29) is 111 Å². The number of nitrogens with two attached hydrogens (primary N) is 1. The van der Waals surface area contributed by atoms with Gasteiger partial charge in [0.05, 0.1) is 103 Å². The maximum Gasteiger partial charge on any atom is 0.325 e. The van der Waals surface area contributed by atoms with Crippen molar-refractivity contribution in [1.29, 1.82) is 0 Å². The maximum absolute atomic E-state index is 13.4. The van der Waals surface area contributed by atoms with Gasteiger partial charge in [0, 0.05) is 73.6 Å². The number of aromatic amines is 1. The van der Waals surface area contributed by atoms with Crippen molar-refractivity contribution < 1.29 is 115 Å². The molecule has 5 aromatic rings. The second kappa shape index (κ2) is 52.2. The predicted molar refractivity (Wildman–Crippen MR) is 436 cm³/mol. The van der Waals surface area contributed by atoms with Crippen LogP contribution in [0.3, 0.4) is 0 Å². The Hall–Kier alpha value is -11.8. The third-order valence-electron chi connectivity index (χ3n) is 18.0. The molecule has 0 radical (unpaired) electrons. The van der Waals surface area contributed by atoms with E-state index in [4.69, 9.17) is 43.6 Å². The Balaban J connectivity index is 1.21. The standard InChI is InChI=1S/C83H114N12O24Si/c1-53(2)76(95-81(110)68(92-57(6)99)39-72(102)118-35-36-120(7,8)9)82(111)88-43-75(105)117-34-31-60-19-25-64(26-20-60)47-114-50-83(51-119-71(101)28-27-70(84)100,48-112-45-62-21-15-58(16-22-62)29-32-115-73(103)41-86-78(107)67(38-65-40-85-52-89-65)93-77(106)54(3)90-55(4)97)49-113-46-63-23-17-59(18-24-63)30-33-116-74(104)42-87-79(108)69(44-96)94-80(109)66(91-56(5)98)37-61-13-11-10-12-14-61/h10-26,40,52-54,66-69,76,96H,27-39,41-51H2,1-9H3,(H2,84,100)(H,85,89)(H,86,107)(H,87,108)(H,88,111)(H,90,97)(H,91,98)(H,92,99)(H,93,106)(H,94,109)(H,95,110)/t54-,66-,67-,68-,69-,76-,83?/m0/s1. The number of aliphatic hydroxyl groups is 1.